The minimum atomic E-state index is 0.224. The summed E-state index contributed by atoms with van der Waals surface area (Å²) < 4.78 is 3.57. The quantitative estimate of drug-likeness (QED) is 0.589. The third-order valence-electron chi connectivity index (χ3n) is 2.46. The van der Waals surface area contributed by atoms with Gasteiger partial charge in [-0.2, -0.15) is 0 Å². The molecule has 0 aliphatic heterocycles. The van der Waals surface area contributed by atoms with Gasteiger partial charge in [0, 0.05) is 3.57 Å². The van der Waals surface area contributed by atoms with Gasteiger partial charge in [-0.3, -0.25) is 0 Å². The van der Waals surface area contributed by atoms with Gasteiger partial charge in [-0.15, -0.1) is 11.3 Å². The molecule has 0 aliphatic carbocycles. The Morgan fingerprint density at radius 3 is 2.59 bits per heavy atom. The van der Waals surface area contributed by atoms with Crippen LogP contribution in [0.2, 0.25) is 0 Å². The number of benzene rings is 1. The van der Waals surface area contributed by atoms with Crippen LogP contribution in [0.4, 0.5) is 0 Å². The second-order valence-electron chi connectivity index (χ2n) is 3.56. The maximum atomic E-state index is 3.62. The third-order valence-corrected chi connectivity index (χ3v) is 5.52. The first-order valence-corrected chi connectivity index (χ1v) is 8.47. The summed E-state index contributed by atoms with van der Waals surface area (Å²) in [5.74, 6) is 0. The number of thiophene rings is 1. The zero-order chi connectivity index (χ0) is 12.4. The van der Waals surface area contributed by atoms with Crippen molar-refractivity contribution in [1.82, 2.24) is 5.32 Å². The maximum absolute atomic E-state index is 3.62. The average Bonchev–Trinajstić information content (AvgIpc) is 2.59. The van der Waals surface area contributed by atoms with Crippen LogP contribution in [-0.4, -0.2) is 7.05 Å². The highest BCUT2D eigenvalue weighted by atomic mass is 127. The second kappa shape index (κ2) is 6.14. The minimum Gasteiger partial charge on any atom is -0.309 e. The molecule has 1 unspecified atom stereocenters. The van der Waals surface area contributed by atoms with E-state index < -0.39 is 0 Å². The molecule has 5 heteroatoms. The SMILES string of the molecule is CNC(c1cccc(I)c1)c1cc(Br)sc1Br. The zero-order valence-corrected chi connectivity index (χ0v) is 15.2. The monoisotopic (exact) mass is 485 g/mol. The van der Waals surface area contributed by atoms with Crippen molar-refractivity contribution in [1.29, 1.82) is 0 Å². The maximum Gasteiger partial charge on any atom is 0.0761 e. The van der Waals surface area contributed by atoms with Gasteiger partial charge in [0.1, 0.15) is 0 Å². The molecule has 2 aromatic rings. The van der Waals surface area contributed by atoms with E-state index >= 15 is 0 Å². The van der Waals surface area contributed by atoms with Gasteiger partial charge in [0.2, 0.25) is 0 Å². The molecule has 1 atom stereocenters. The Morgan fingerprint density at radius 1 is 1.29 bits per heavy atom. The molecule has 0 saturated heterocycles. The van der Waals surface area contributed by atoms with E-state index in [1.165, 1.54) is 18.5 Å². The van der Waals surface area contributed by atoms with E-state index in [2.05, 4.69) is 90.1 Å². The third kappa shape index (κ3) is 3.32. The summed E-state index contributed by atoms with van der Waals surface area (Å²) in [6, 6.07) is 10.9. The van der Waals surface area contributed by atoms with E-state index in [0.717, 1.165) is 3.79 Å². The minimum absolute atomic E-state index is 0.224. The Kier molecular flexibility index (Phi) is 5.06. The standard InChI is InChI=1S/C12H10Br2INS/c1-16-11(7-3-2-4-8(15)5-7)9-6-10(13)17-12(9)14/h2-6,11,16H,1H3. The molecule has 0 spiro atoms. The van der Waals surface area contributed by atoms with Crippen LogP contribution < -0.4 is 5.32 Å². The molecule has 0 fully saturated rings. The molecule has 0 amide bonds. The molecular weight excluding hydrogens is 477 g/mol. The summed E-state index contributed by atoms with van der Waals surface area (Å²) in [6.07, 6.45) is 0. The van der Waals surface area contributed by atoms with Gasteiger partial charge in [-0.05, 0) is 90.8 Å². The highest BCUT2D eigenvalue weighted by molar-refractivity contribution is 14.1. The van der Waals surface area contributed by atoms with Crippen molar-refractivity contribution in [3.05, 3.63) is 52.6 Å². The molecule has 17 heavy (non-hydrogen) atoms. The molecule has 0 radical (unpaired) electrons. The predicted octanol–water partition coefficient (Wildman–Crippen LogP) is 5.19. The van der Waals surface area contributed by atoms with Crippen molar-refractivity contribution in [2.75, 3.05) is 7.05 Å². The van der Waals surface area contributed by atoms with Crippen molar-refractivity contribution in [2.45, 2.75) is 6.04 Å². The fraction of sp³-hybridized carbons (Fsp3) is 0.167. The van der Waals surface area contributed by atoms with E-state index in [1.807, 2.05) is 7.05 Å². The average molecular weight is 487 g/mol. The van der Waals surface area contributed by atoms with Gasteiger partial charge >= 0.3 is 0 Å². The van der Waals surface area contributed by atoms with E-state index in [-0.39, 0.29) is 6.04 Å². The van der Waals surface area contributed by atoms with Gasteiger partial charge < -0.3 is 5.32 Å². The van der Waals surface area contributed by atoms with Crippen LogP contribution in [0.15, 0.2) is 37.9 Å². The first-order valence-electron chi connectivity index (χ1n) is 4.99. The van der Waals surface area contributed by atoms with Crippen LogP contribution in [0.1, 0.15) is 17.2 Å². The molecule has 1 nitrogen and oxygen atoms in total. The smallest absolute Gasteiger partial charge is 0.0761 e. The molecule has 1 aromatic heterocycles. The summed E-state index contributed by atoms with van der Waals surface area (Å²) >= 11 is 11.2. The van der Waals surface area contributed by atoms with Gasteiger partial charge in [-0.1, -0.05) is 12.1 Å². The van der Waals surface area contributed by atoms with Crippen molar-refractivity contribution in [3.63, 3.8) is 0 Å². The molecule has 0 bridgehead atoms. The number of hydrogen-bond acceptors (Lipinski definition) is 2. The number of hydrogen-bond donors (Lipinski definition) is 1. The zero-order valence-electron chi connectivity index (χ0n) is 9.01. The first-order chi connectivity index (χ1) is 8.11. The van der Waals surface area contributed by atoms with Crippen LogP contribution in [0, 0.1) is 3.57 Å². The fourth-order valence-corrected chi connectivity index (χ4v) is 5.21. The summed E-state index contributed by atoms with van der Waals surface area (Å²) in [5, 5.41) is 3.37. The Morgan fingerprint density at radius 2 is 2.06 bits per heavy atom. The van der Waals surface area contributed by atoms with E-state index in [4.69, 9.17) is 0 Å². The number of halogens is 3. The molecule has 1 N–H and O–H groups in total. The van der Waals surface area contributed by atoms with Crippen molar-refractivity contribution in [3.8, 4) is 0 Å². The molecule has 1 aromatic carbocycles. The molecule has 0 aliphatic rings. The topological polar surface area (TPSA) is 12.0 Å². The Balaban J connectivity index is 2.43. The number of nitrogens with one attached hydrogen (secondary N) is 1. The summed E-state index contributed by atoms with van der Waals surface area (Å²) in [4.78, 5) is 0. The largest absolute Gasteiger partial charge is 0.309 e. The Labute approximate surface area is 135 Å². The molecule has 90 valence electrons. The lowest BCUT2D eigenvalue weighted by atomic mass is 10.0. The number of rotatable bonds is 3. The lowest BCUT2D eigenvalue weighted by Crippen LogP contribution is -2.17. The van der Waals surface area contributed by atoms with Crippen LogP contribution in [-0.2, 0) is 0 Å². The van der Waals surface area contributed by atoms with Crippen molar-refractivity contribution >= 4 is 65.8 Å². The Bertz CT molecular complexity index is 527. The van der Waals surface area contributed by atoms with Gasteiger partial charge in [0.15, 0.2) is 0 Å². The van der Waals surface area contributed by atoms with Gasteiger partial charge in [0.25, 0.3) is 0 Å². The van der Waals surface area contributed by atoms with E-state index in [0.29, 0.717) is 0 Å². The lowest BCUT2D eigenvalue weighted by molar-refractivity contribution is 0.691. The molecule has 1 heterocycles. The highest BCUT2D eigenvalue weighted by Gasteiger charge is 2.17. The first kappa shape index (κ1) is 14.0. The van der Waals surface area contributed by atoms with Crippen LogP contribution in [0.3, 0.4) is 0 Å². The van der Waals surface area contributed by atoms with Crippen molar-refractivity contribution < 1.29 is 0 Å². The van der Waals surface area contributed by atoms with Gasteiger partial charge in [-0.25, -0.2) is 0 Å². The molecule has 2 rings (SSSR count). The van der Waals surface area contributed by atoms with Crippen molar-refractivity contribution in [2.24, 2.45) is 0 Å². The van der Waals surface area contributed by atoms with E-state index in [9.17, 15) is 0 Å². The second-order valence-corrected chi connectivity index (χ2v) is 8.55. The van der Waals surface area contributed by atoms with Crippen LogP contribution >= 0.6 is 65.8 Å². The normalized spacial score (nSPS) is 12.7. The summed E-state index contributed by atoms with van der Waals surface area (Å²) in [7, 11) is 1.99. The summed E-state index contributed by atoms with van der Waals surface area (Å²) in [5.41, 5.74) is 2.55. The summed E-state index contributed by atoms with van der Waals surface area (Å²) in [6.45, 7) is 0. The Hall–Kier alpha value is 0.570. The van der Waals surface area contributed by atoms with E-state index in [1.54, 1.807) is 11.3 Å². The lowest BCUT2D eigenvalue weighted by Gasteiger charge is -2.16. The predicted molar refractivity (Wildman–Crippen MR) is 89.8 cm³/mol. The highest BCUT2D eigenvalue weighted by Crippen LogP contribution is 2.37. The fourth-order valence-electron chi connectivity index (χ4n) is 1.74. The molecular formula is C12H10Br2INS. The molecule has 0 saturated carbocycles. The van der Waals surface area contributed by atoms with Crippen LogP contribution in [0.25, 0.3) is 0 Å². The van der Waals surface area contributed by atoms with Crippen LogP contribution in [0.5, 0.6) is 0 Å². The van der Waals surface area contributed by atoms with Gasteiger partial charge in [0.05, 0.1) is 13.6 Å².